The molecule has 4 rings (SSSR count). The highest BCUT2D eigenvalue weighted by Gasteiger charge is 2.46. The summed E-state index contributed by atoms with van der Waals surface area (Å²) in [6, 6.07) is 16.4. The normalized spacial score (nSPS) is 25.7. The summed E-state index contributed by atoms with van der Waals surface area (Å²) >= 11 is 0. The minimum absolute atomic E-state index is 0.0775. The highest BCUT2D eigenvalue weighted by Crippen LogP contribution is 2.27. The number of hydrogen-bond acceptors (Lipinski definition) is 3. The van der Waals surface area contributed by atoms with Crippen LogP contribution in [0.1, 0.15) is 6.42 Å². The lowest BCUT2D eigenvalue weighted by Crippen LogP contribution is -3.29. The molecule has 2 aromatic rings. The Bertz CT molecular complexity index is 814. The molecular formula is C21H25N3O3+2. The smallest absolute Gasteiger partial charge is 0.292 e. The van der Waals surface area contributed by atoms with Crippen molar-refractivity contribution >= 4 is 17.5 Å². The lowest BCUT2D eigenvalue weighted by molar-refractivity contribution is -1.01. The molecule has 1 atom stereocenters. The van der Waals surface area contributed by atoms with Gasteiger partial charge in [-0.15, -0.1) is 0 Å². The number of rotatable bonds is 4. The van der Waals surface area contributed by atoms with Gasteiger partial charge in [0.1, 0.15) is 37.7 Å². The molecule has 27 heavy (non-hydrogen) atoms. The molecule has 0 saturated carbocycles. The molecule has 6 nitrogen and oxygen atoms in total. The Morgan fingerprint density at radius 1 is 0.889 bits per heavy atom. The van der Waals surface area contributed by atoms with Crippen LogP contribution in [-0.4, -0.2) is 51.1 Å². The number of quaternary nitrogens is 2. The van der Waals surface area contributed by atoms with Crippen LogP contribution in [0, 0.1) is 0 Å². The van der Waals surface area contributed by atoms with Crippen molar-refractivity contribution in [1.29, 1.82) is 0 Å². The minimum atomic E-state index is -0.245. The van der Waals surface area contributed by atoms with E-state index in [0.29, 0.717) is 17.9 Å². The van der Waals surface area contributed by atoms with E-state index in [2.05, 4.69) is 7.05 Å². The predicted molar refractivity (Wildman–Crippen MR) is 101 cm³/mol. The van der Waals surface area contributed by atoms with Gasteiger partial charge < -0.3 is 14.5 Å². The van der Waals surface area contributed by atoms with Crippen LogP contribution >= 0.6 is 0 Å². The van der Waals surface area contributed by atoms with Gasteiger partial charge in [-0.3, -0.25) is 9.59 Å². The van der Waals surface area contributed by atoms with Crippen molar-refractivity contribution in [2.45, 2.75) is 12.5 Å². The Labute approximate surface area is 158 Å². The lowest BCUT2D eigenvalue weighted by Gasteiger charge is -2.30. The molecule has 0 unspecified atom stereocenters. The number of likely N-dealkylation sites (N-methyl/N-ethyl adjacent to an activating group) is 1. The van der Waals surface area contributed by atoms with E-state index < -0.39 is 0 Å². The van der Waals surface area contributed by atoms with Gasteiger partial charge in [0.05, 0.1) is 19.2 Å². The van der Waals surface area contributed by atoms with Crippen molar-refractivity contribution in [3.8, 4) is 11.5 Å². The van der Waals surface area contributed by atoms with E-state index in [1.165, 1.54) is 14.7 Å². The number of imide groups is 1. The van der Waals surface area contributed by atoms with E-state index in [4.69, 9.17) is 4.74 Å². The van der Waals surface area contributed by atoms with Crippen LogP contribution in [0.2, 0.25) is 0 Å². The second-order valence-electron chi connectivity index (χ2n) is 7.35. The van der Waals surface area contributed by atoms with Crippen molar-refractivity contribution in [3.05, 3.63) is 54.6 Å². The molecule has 2 saturated heterocycles. The fraction of sp³-hybridized carbons (Fsp3) is 0.333. The first kappa shape index (κ1) is 17.7. The van der Waals surface area contributed by atoms with Gasteiger partial charge in [0.25, 0.3) is 5.91 Å². The molecule has 2 fully saturated rings. The average molecular weight is 367 g/mol. The highest BCUT2D eigenvalue weighted by molar-refractivity contribution is 6.21. The Balaban J connectivity index is 1.46. The number of hydrogen-bond donors (Lipinski definition) is 2. The van der Waals surface area contributed by atoms with Crippen LogP contribution in [0.25, 0.3) is 0 Å². The topological polar surface area (TPSA) is 55.5 Å². The van der Waals surface area contributed by atoms with Crippen molar-refractivity contribution in [2.75, 3.05) is 38.1 Å². The number of ether oxygens (including phenoxy) is 1. The van der Waals surface area contributed by atoms with Crippen LogP contribution in [0.5, 0.6) is 11.5 Å². The molecule has 0 aromatic heterocycles. The lowest BCUT2D eigenvalue weighted by atomic mass is 10.2. The summed E-state index contributed by atoms with van der Waals surface area (Å²) in [6.07, 6.45) is 0.301. The molecule has 6 heteroatoms. The first-order chi connectivity index (χ1) is 13.1. The average Bonchev–Trinajstić information content (AvgIpc) is 2.98. The number of piperazine rings is 1. The zero-order chi connectivity index (χ0) is 18.8. The number of carbonyl (C=O) groups excluding carboxylic acids is 2. The van der Waals surface area contributed by atoms with Gasteiger partial charge in [0.15, 0.2) is 6.04 Å². The van der Waals surface area contributed by atoms with E-state index in [1.807, 2.05) is 30.3 Å². The molecule has 0 bridgehead atoms. The van der Waals surface area contributed by atoms with Crippen molar-refractivity contribution < 1.29 is 24.1 Å². The number of carbonyl (C=O) groups is 2. The van der Waals surface area contributed by atoms with E-state index in [-0.39, 0.29) is 17.9 Å². The first-order valence-corrected chi connectivity index (χ1v) is 9.47. The van der Waals surface area contributed by atoms with E-state index in [1.54, 1.807) is 24.3 Å². The molecule has 0 spiro atoms. The first-order valence-electron chi connectivity index (χ1n) is 9.47. The summed E-state index contributed by atoms with van der Waals surface area (Å²) < 4.78 is 5.78. The van der Waals surface area contributed by atoms with Crippen LogP contribution in [-0.2, 0) is 9.59 Å². The summed E-state index contributed by atoms with van der Waals surface area (Å²) in [7, 11) is 2.17. The van der Waals surface area contributed by atoms with Gasteiger partial charge in [-0.25, -0.2) is 4.90 Å². The van der Waals surface area contributed by atoms with Crippen molar-refractivity contribution in [3.63, 3.8) is 0 Å². The molecule has 140 valence electrons. The zero-order valence-electron chi connectivity index (χ0n) is 15.5. The SMILES string of the molecule is C[NH+]1CC[NH+]([C@@H]2CC(=O)N(c3ccc(Oc4ccccc4)cc3)C2=O)CC1. The minimum Gasteiger partial charge on any atom is -0.457 e. The predicted octanol–water partition coefficient (Wildman–Crippen LogP) is -0.476. The largest absolute Gasteiger partial charge is 0.457 e. The van der Waals surface area contributed by atoms with Gasteiger partial charge in [-0.05, 0) is 36.4 Å². The molecule has 2 heterocycles. The number of amides is 2. The van der Waals surface area contributed by atoms with Crippen LogP contribution < -0.4 is 19.4 Å². The maximum Gasteiger partial charge on any atom is 0.292 e. The van der Waals surface area contributed by atoms with Gasteiger partial charge >= 0.3 is 0 Å². The van der Waals surface area contributed by atoms with Gasteiger partial charge in [-0.1, -0.05) is 18.2 Å². The van der Waals surface area contributed by atoms with E-state index in [0.717, 1.165) is 31.9 Å². The summed E-state index contributed by atoms with van der Waals surface area (Å²) in [5.74, 6) is 1.24. The highest BCUT2D eigenvalue weighted by atomic mass is 16.5. The second kappa shape index (κ2) is 7.50. The molecule has 2 amide bonds. The van der Waals surface area contributed by atoms with Crippen molar-refractivity contribution in [2.24, 2.45) is 0 Å². The third kappa shape index (κ3) is 3.72. The maximum atomic E-state index is 12.9. The fourth-order valence-electron chi connectivity index (χ4n) is 3.86. The van der Waals surface area contributed by atoms with Gasteiger partial charge in [0, 0.05) is 0 Å². The van der Waals surface area contributed by atoms with Crippen LogP contribution in [0.3, 0.4) is 0 Å². The quantitative estimate of drug-likeness (QED) is 0.718. The summed E-state index contributed by atoms with van der Waals surface area (Å²) in [5.41, 5.74) is 0.618. The number of benzene rings is 2. The van der Waals surface area contributed by atoms with Gasteiger partial charge in [0.2, 0.25) is 5.91 Å². The van der Waals surface area contributed by atoms with Crippen molar-refractivity contribution in [1.82, 2.24) is 0 Å². The van der Waals surface area contributed by atoms with E-state index in [9.17, 15) is 9.59 Å². The van der Waals surface area contributed by atoms with Gasteiger partial charge in [-0.2, -0.15) is 0 Å². The number of para-hydroxylation sites is 1. The molecular weight excluding hydrogens is 342 g/mol. The third-order valence-corrected chi connectivity index (χ3v) is 5.46. The standard InChI is InChI=1S/C21H23N3O3/c1-22-11-13-23(14-12-22)19-15-20(25)24(21(19)26)16-7-9-18(10-8-16)27-17-5-3-2-4-6-17/h2-10,19H,11-15H2,1H3/p+2/t19-/m1/s1. The molecule has 2 aliphatic heterocycles. The number of anilines is 1. The number of nitrogens with one attached hydrogen (secondary N) is 2. The molecule has 2 aliphatic rings. The summed E-state index contributed by atoms with van der Waals surface area (Å²) in [5, 5.41) is 0. The molecule has 2 N–H and O–H groups in total. The second-order valence-corrected chi connectivity index (χ2v) is 7.35. The third-order valence-electron chi connectivity index (χ3n) is 5.46. The summed E-state index contributed by atoms with van der Waals surface area (Å²) in [6.45, 7) is 3.96. The van der Waals surface area contributed by atoms with Crippen LogP contribution in [0.15, 0.2) is 54.6 Å². The summed E-state index contributed by atoms with van der Waals surface area (Å²) in [4.78, 5) is 29.5. The molecule has 0 aliphatic carbocycles. The Morgan fingerprint density at radius 2 is 1.52 bits per heavy atom. The molecule has 2 aromatic carbocycles. The van der Waals surface area contributed by atoms with Crippen LogP contribution in [0.4, 0.5) is 5.69 Å². The zero-order valence-corrected chi connectivity index (χ0v) is 15.5. The fourth-order valence-corrected chi connectivity index (χ4v) is 3.86. The Hall–Kier alpha value is -2.70. The number of nitrogens with zero attached hydrogens (tertiary/aromatic N) is 1. The maximum absolute atomic E-state index is 12.9. The Kier molecular flexibility index (Phi) is 4.92. The Morgan fingerprint density at radius 3 is 2.19 bits per heavy atom. The van der Waals surface area contributed by atoms with E-state index >= 15 is 0 Å². The molecule has 0 radical (unpaired) electrons. The monoisotopic (exact) mass is 367 g/mol.